The van der Waals surface area contributed by atoms with Crippen LogP contribution in [0.5, 0.6) is 0 Å². The van der Waals surface area contributed by atoms with Crippen LogP contribution in [0.3, 0.4) is 0 Å². The van der Waals surface area contributed by atoms with Crippen LogP contribution >= 0.6 is 0 Å². The number of carbonyl (C=O) groups is 1. The second-order valence-corrected chi connectivity index (χ2v) is 8.65. The zero-order valence-electron chi connectivity index (χ0n) is 16.6. The van der Waals surface area contributed by atoms with Crippen LogP contribution in [0.1, 0.15) is 31.7 Å². The summed E-state index contributed by atoms with van der Waals surface area (Å²) in [5.41, 5.74) is 3.44. The SMILES string of the molecule is CCC1(O)CC2C3C(C(=O)OC)=C4Nc5ccccc5C45CCN(C31)C25.CO. The van der Waals surface area contributed by atoms with Crippen molar-refractivity contribution in [2.45, 2.75) is 49.3 Å². The number of hydrogen-bond acceptors (Lipinski definition) is 6. The fourth-order valence-electron chi connectivity index (χ4n) is 7.32. The lowest BCUT2D eigenvalue weighted by Gasteiger charge is -2.45. The first-order chi connectivity index (χ1) is 13.6. The highest BCUT2D eigenvalue weighted by Crippen LogP contribution is 2.70. The van der Waals surface area contributed by atoms with Gasteiger partial charge in [0, 0.05) is 43.0 Å². The van der Waals surface area contributed by atoms with Gasteiger partial charge in [-0.2, -0.15) is 0 Å². The fourth-order valence-corrected chi connectivity index (χ4v) is 7.32. The summed E-state index contributed by atoms with van der Waals surface area (Å²) in [6, 6.07) is 8.88. The molecule has 28 heavy (non-hydrogen) atoms. The summed E-state index contributed by atoms with van der Waals surface area (Å²) in [5.74, 6) is 0.160. The van der Waals surface area contributed by atoms with Crippen LogP contribution in [0.2, 0.25) is 0 Å². The number of nitrogens with one attached hydrogen (secondary N) is 1. The molecule has 3 heterocycles. The predicted octanol–water partition coefficient (Wildman–Crippen LogP) is 1.63. The second-order valence-electron chi connectivity index (χ2n) is 8.65. The molecule has 150 valence electrons. The van der Waals surface area contributed by atoms with Crippen LogP contribution in [0.15, 0.2) is 35.5 Å². The molecule has 0 aromatic heterocycles. The van der Waals surface area contributed by atoms with E-state index in [0.29, 0.717) is 12.0 Å². The van der Waals surface area contributed by atoms with Crippen LogP contribution in [-0.4, -0.2) is 59.5 Å². The molecule has 0 amide bonds. The van der Waals surface area contributed by atoms with Crippen molar-refractivity contribution < 1.29 is 19.7 Å². The highest BCUT2D eigenvalue weighted by molar-refractivity contribution is 5.94. The van der Waals surface area contributed by atoms with Crippen LogP contribution in [0.25, 0.3) is 0 Å². The van der Waals surface area contributed by atoms with Crippen LogP contribution in [0, 0.1) is 11.8 Å². The number of ether oxygens (including phenoxy) is 1. The van der Waals surface area contributed by atoms with E-state index in [0.717, 1.165) is 49.9 Å². The summed E-state index contributed by atoms with van der Waals surface area (Å²) in [5, 5.41) is 22.0. The van der Waals surface area contributed by atoms with Gasteiger partial charge in [0.25, 0.3) is 0 Å². The van der Waals surface area contributed by atoms with Gasteiger partial charge in [-0.05, 0) is 36.8 Å². The quantitative estimate of drug-likeness (QED) is 0.673. The third-order valence-corrected chi connectivity index (χ3v) is 8.06. The number of anilines is 1. The van der Waals surface area contributed by atoms with Gasteiger partial charge >= 0.3 is 5.97 Å². The number of esters is 1. The Labute approximate surface area is 165 Å². The van der Waals surface area contributed by atoms with Crippen molar-refractivity contribution in [1.82, 2.24) is 4.90 Å². The predicted molar refractivity (Wildman–Crippen MR) is 105 cm³/mol. The maximum atomic E-state index is 12.9. The van der Waals surface area contributed by atoms with Crippen molar-refractivity contribution in [3.8, 4) is 0 Å². The topological polar surface area (TPSA) is 82.0 Å². The van der Waals surface area contributed by atoms with Gasteiger partial charge in [0.05, 0.1) is 23.7 Å². The number of hydrogen-bond donors (Lipinski definition) is 3. The van der Waals surface area contributed by atoms with E-state index in [-0.39, 0.29) is 23.3 Å². The van der Waals surface area contributed by atoms with E-state index in [9.17, 15) is 9.90 Å². The molecular formula is C22H28N2O4. The van der Waals surface area contributed by atoms with Crippen LogP contribution in [-0.2, 0) is 14.9 Å². The van der Waals surface area contributed by atoms with Gasteiger partial charge < -0.3 is 20.3 Å². The lowest BCUT2D eigenvalue weighted by atomic mass is 9.62. The number of methoxy groups -OCH3 is 1. The van der Waals surface area contributed by atoms with Crippen molar-refractivity contribution >= 4 is 11.7 Å². The van der Waals surface area contributed by atoms with Crippen molar-refractivity contribution in [2.75, 3.05) is 26.1 Å². The van der Waals surface area contributed by atoms with Crippen molar-refractivity contribution in [3.63, 3.8) is 0 Å². The Kier molecular flexibility index (Phi) is 3.77. The number of nitrogens with zero attached hydrogens (tertiary/aromatic N) is 1. The van der Waals surface area contributed by atoms with Gasteiger partial charge in [0.15, 0.2) is 0 Å². The lowest BCUT2D eigenvalue weighted by molar-refractivity contribution is -0.137. The molecule has 1 aromatic carbocycles. The summed E-state index contributed by atoms with van der Waals surface area (Å²) in [7, 11) is 2.47. The molecular weight excluding hydrogens is 356 g/mol. The van der Waals surface area contributed by atoms with Crippen molar-refractivity contribution in [3.05, 3.63) is 41.1 Å². The van der Waals surface area contributed by atoms with Gasteiger partial charge in [-0.1, -0.05) is 25.1 Å². The number of para-hydroxylation sites is 1. The van der Waals surface area contributed by atoms with E-state index in [1.807, 2.05) is 6.07 Å². The van der Waals surface area contributed by atoms with E-state index in [1.54, 1.807) is 0 Å². The Hall–Kier alpha value is -1.89. The van der Waals surface area contributed by atoms with E-state index in [4.69, 9.17) is 9.84 Å². The molecule has 2 saturated heterocycles. The highest BCUT2D eigenvalue weighted by atomic mass is 16.5. The highest BCUT2D eigenvalue weighted by Gasteiger charge is 2.76. The lowest BCUT2D eigenvalue weighted by Crippen LogP contribution is -2.55. The third kappa shape index (κ3) is 1.78. The largest absolute Gasteiger partial charge is 0.466 e. The van der Waals surface area contributed by atoms with Crippen molar-refractivity contribution in [2.24, 2.45) is 11.8 Å². The summed E-state index contributed by atoms with van der Waals surface area (Å²) < 4.78 is 5.24. The molecule has 5 aliphatic rings. The molecule has 0 radical (unpaired) electrons. The monoisotopic (exact) mass is 384 g/mol. The minimum Gasteiger partial charge on any atom is -0.466 e. The standard InChI is InChI=1S/C21H24N2O3.CH4O/c1-3-20(25)10-11-14-15(19(24)26-2)16-21(8-9-23(17(11)21)18(14)20)12-6-4-5-7-13(12)22-16;1-2/h4-7,11,14,17-18,22,25H,3,8-10H2,1-2H3;2H,1H3. The smallest absolute Gasteiger partial charge is 0.335 e. The molecule has 4 bridgehead atoms. The minimum absolute atomic E-state index is 0.0306. The number of carbonyl (C=O) groups excluding carboxylic acids is 1. The summed E-state index contributed by atoms with van der Waals surface area (Å²) in [4.78, 5) is 15.4. The third-order valence-electron chi connectivity index (χ3n) is 8.06. The minimum atomic E-state index is -0.699. The Morgan fingerprint density at radius 3 is 2.79 bits per heavy atom. The van der Waals surface area contributed by atoms with Crippen LogP contribution < -0.4 is 5.32 Å². The van der Waals surface area contributed by atoms with E-state index < -0.39 is 5.60 Å². The van der Waals surface area contributed by atoms with E-state index in [1.165, 1.54) is 12.7 Å². The van der Waals surface area contributed by atoms with Crippen LogP contribution in [0.4, 0.5) is 5.69 Å². The van der Waals surface area contributed by atoms with Gasteiger partial charge in [-0.25, -0.2) is 4.79 Å². The molecule has 6 unspecified atom stereocenters. The van der Waals surface area contributed by atoms with E-state index in [2.05, 4.69) is 35.3 Å². The summed E-state index contributed by atoms with van der Waals surface area (Å²) in [6.45, 7) is 3.05. The second kappa shape index (κ2) is 5.81. The Morgan fingerprint density at radius 2 is 2.07 bits per heavy atom. The molecule has 3 fully saturated rings. The molecule has 6 rings (SSSR count). The number of rotatable bonds is 2. The molecule has 2 aliphatic carbocycles. The Balaban J connectivity index is 0.000000829. The normalized spacial score (nSPS) is 41.2. The maximum Gasteiger partial charge on any atom is 0.335 e. The Bertz CT molecular complexity index is 883. The van der Waals surface area contributed by atoms with E-state index >= 15 is 0 Å². The van der Waals surface area contributed by atoms with Gasteiger partial charge in [0.1, 0.15) is 0 Å². The number of fused-ring (bicyclic) bond motifs is 2. The van der Waals surface area contributed by atoms with Gasteiger partial charge in [-0.15, -0.1) is 0 Å². The molecule has 1 spiro atoms. The average molecular weight is 384 g/mol. The molecule has 1 saturated carbocycles. The van der Waals surface area contributed by atoms with Gasteiger partial charge in [0.2, 0.25) is 0 Å². The number of aliphatic hydroxyl groups excluding tert-OH is 1. The average Bonchev–Trinajstić information content (AvgIpc) is 3.42. The van der Waals surface area contributed by atoms with Crippen molar-refractivity contribution in [1.29, 1.82) is 0 Å². The fraction of sp³-hybridized carbons (Fsp3) is 0.591. The number of piperidine rings is 1. The summed E-state index contributed by atoms with van der Waals surface area (Å²) in [6.07, 6.45) is 2.52. The molecule has 6 heteroatoms. The summed E-state index contributed by atoms with van der Waals surface area (Å²) >= 11 is 0. The molecule has 3 aliphatic heterocycles. The molecule has 3 N–H and O–H groups in total. The molecule has 6 nitrogen and oxygen atoms in total. The zero-order chi connectivity index (χ0) is 19.8. The number of benzene rings is 1. The molecule has 6 atom stereocenters. The first kappa shape index (κ1) is 18.2. The zero-order valence-corrected chi connectivity index (χ0v) is 16.6. The molecule has 1 aromatic rings. The Morgan fingerprint density at radius 1 is 1.32 bits per heavy atom. The first-order valence-electron chi connectivity index (χ1n) is 10.2. The first-order valence-corrected chi connectivity index (χ1v) is 10.2. The number of aliphatic hydroxyl groups is 2. The van der Waals surface area contributed by atoms with Gasteiger partial charge in [-0.3, -0.25) is 4.90 Å². The maximum absolute atomic E-state index is 12.9.